The molecule has 1 heterocycles. The van der Waals surface area contributed by atoms with Crippen LogP contribution in [0.2, 0.25) is 0 Å². The molecule has 2 aromatic carbocycles. The molecule has 0 fully saturated rings. The van der Waals surface area contributed by atoms with Gasteiger partial charge in [-0.3, -0.25) is 20.4 Å². The smallest absolute Gasteiger partial charge is 0.267 e. The average molecular weight is 373 g/mol. The zero-order valence-corrected chi connectivity index (χ0v) is 14.4. The molecular weight excluding hydrogens is 360 g/mol. The quantitative estimate of drug-likeness (QED) is 0.691. The molecule has 0 aliphatic carbocycles. The van der Waals surface area contributed by atoms with Crippen LogP contribution < -0.4 is 10.9 Å². The highest BCUT2D eigenvalue weighted by Crippen LogP contribution is 2.27. The van der Waals surface area contributed by atoms with E-state index in [0.717, 1.165) is 17.4 Å². The van der Waals surface area contributed by atoms with Crippen LogP contribution >= 0.6 is 11.3 Å². The molecule has 26 heavy (non-hydrogen) atoms. The molecule has 3 aromatic rings. The van der Waals surface area contributed by atoms with Gasteiger partial charge in [-0.15, -0.1) is 11.3 Å². The van der Waals surface area contributed by atoms with E-state index in [1.165, 1.54) is 30.3 Å². The zero-order valence-electron chi connectivity index (χ0n) is 13.5. The zero-order chi connectivity index (χ0) is 18.7. The van der Waals surface area contributed by atoms with Gasteiger partial charge in [-0.05, 0) is 43.3 Å². The monoisotopic (exact) mass is 373 g/mol. The number of nitrogens with zero attached hydrogens (tertiary/aromatic N) is 1. The third-order valence-corrected chi connectivity index (χ3v) is 4.71. The Balaban J connectivity index is 1.71. The van der Waals surface area contributed by atoms with Gasteiger partial charge in [-0.25, -0.2) is 13.8 Å². The van der Waals surface area contributed by atoms with Crippen LogP contribution in [0, 0.1) is 18.6 Å². The minimum atomic E-state index is -0.766. The molecule has 0 saturated heterocycles. The highest BCUT2D eigenvalue weighted by atomic mass is 32.1. The number of rotatable bonds is 3. The molecule has 0 bridgehead atoms. The Labute approximate surface area is 151 Å². The van der Waals surface area contributed by atoms with Gasteiger partial charge in [0, 0.05) is 5.56 Å². The summed E-state index contributed by atoms with van der Waals surface area (Å²) in [4.78, 5) is 28.8. The molecular formula is C18H13F2N3O2S. The largest absolute Gasteiger partial charge is 0.281 e. The fourth-order valence-corrected chi connectivity index (χ4v) is 3.17. The van der Waals surface area contributed by atoms with Crippen LogP contribution in [0.25, 0.3) is 10.6 Å². The lowest BCUT2D eigenvalue weighted by molar-refractivity contribution is 0.0846. The molecule has 1 aromatic heterocycles. The van der Waals surface area contributed by atoms with Gasteiger partial charge in [0.1, 0.15) is 21.5 Å². The van der Waals surface area contributed by atoms with Gasteiger partial charge in [-0.1, -0.05) is 12.1 Å². The van der Waals surface area contributed by atoms with Crippen molar-refractivity contribution in [3.05, 3.63) is 76.3 Å². The summed E-state index contributed by atoms with van der Waals surface area (Å²) in [5.74, 6) is -2.39. The van der Waals surface area contributed by atoms with Crippen LogP contribution in [0.3, 0.4) is 0 Å². The molecule has 0 unspecified atom stereocenters. The third-order valence-electron chi connectivity index (χ3n) is 3.50. The van der Waals surface area contributed by atoms with Crippen LogP contribution in [-0.2, 0) is 0 Å². The van der Waals surface area contributed by atoms with E-state index in [0.29, 0.717) is 16.3 Å². The maximum atomic E-state index is 13.6. The van der Waals surface area contributed by atoms with Crippen molar-refractivity contribution in [2.75, 3.05) is 0 Å². The lowest BCUT2D eigenvalue weighted by atomic mass is 10.2. The summed E-state index contributed by atoms with van der Waals surface area (Å²) in [6.07, 6.45) is 0. The Hall–Kier alpha value is -3.13. The first-order valence-corrected chi connectivity index (χ1v) is 8.36. The maximum absolute atomic E-state index is 13.6. The van der Waals surface area contributed by atoms with E-state index in [1.807, 2.05) is 0 Å². The predicted octanol–water partition coefficient (Wildman–Crippen LogP) is 3.47. The second-order valence-electron chi connectivity index (χ2n) is 5.33. The van der Waals surface area contributed by atoms with Crippen LogP contribution in [0.15, 0.2) is 48.5 Å². The summed E-state index contributed by atoms with van der Waals surface area (Å²) >= 11 is 1.11. The van der Waals surface area contributed by atoms with Gasteiger partial charge in [0.25, 0.3) is 11.8 Å². The van der Waals surface area contributed by atoms with Crippen molar-refractivity contribution >= 4 is 23.2 Å². The first-order valence-electron chi connectivity index (χ1n) is 7.54. The summed E-state index contributed by atoms with van der Waals surface area (Å²) in [5, 5.41) is 0.549. The summed E-state index contributed by atoms with van der Waals surface area (Å²) in [6, 6.07) is 11.2. The second kappa shape index (κ2) is 7.40. The Bertz CT molecular complexity index is 971. The third kappa shape index (κ3) is 3.75. The molecule has 5 nitrogen and oxygen atoms in total. The number of hydrogen-bond acceptors (Lipinski definition) is 4. The Morgan fingerprint density at radius 2 is 1.62 bits per heavy atom. The summed E-state index contributed by atoms with van der Waals surface area (Å²) in [5.41, 5.74) is 5.38. The Morgan fingerprint density at radius 3 is 2.31 bits per heavy atom. The number of hydrazine groups is 1. The molecule has 0 atom stereocenters. The van der Waals surface area contributed by atoms with Gasteiger partial charge in [-0.2, -0.15) is 0 Å². The molecule has 132 valence electrons. The highest BCUT2D eigenvalue weighted by Gasteiger charge is 2.18. The SMILES string of the molecule is Cc1nc(-c2ccc(F)cc2)sc1C(=O)NNC(=O)c1ccccc1F. The Kier molecular flexibility index (Phi) is 5.04. The number of benzene rings is 2. The van der Waals surface area contributed by atoms with Crippen molar-refractivity contribution in [1.82, 2.24) is 15.8 Å². The van der Waals surface area contributed by atoms with E-state index in [1.54, 1.807) is 19.1 Å². The molecule has 8 heteroatoms. The average Bonchev–Trinajstić information content (AvgIpc) is 3.02. The first-order chi connectivity index (χ1) is 12.5. The van der Waals surface area contributed by atoms with E-state index in [2.05, 4.69) is 15.8 Å². The van der Waals surface area contributed by atoms with E-state index in [-0.39, 0.29) is 16.3 Å². The summed E-state index contributed by atoms with van der Waals surface area (Å²) in [7, 11) is 0. The van der Waals surface area contributed by atoms with E-state index in [4.69, 9.17) is 0 Å². The van der Waals surface area contributed by atoms with Crippen molar-refractivity contribution < 1.29 is 18.4 Å². The highest BCUT2D eigenvalue weighted by molar-refractivity contribution is 7.17. The van der Waals surface area contributed by atoms with Gasteiger partial charge < -0.3 is 0 Å². The number of aromatic nitrogens is 1. The van der Waals surface area contributed by atoms with Crippen LogP contribution in [0.1, 0.15) is 25.7 Å². The molecule has 0 saturated carbocycles. The molecule has 3 rings (SSSR count). The summed E-state index contributed by atoms with van der Waals surface area (Å²) in [6.45, 7) is 1.65. The molecule has 0 aliphatic heterocycles. The minimum absolute atomic E-state index is 0.180. The lowest BCUT2D eigenvalue weighted by Gasteiger charge is -2.07. The van der Waals surface area contributed by atoms with Crippen molar-refractivity contribution in [2.24, 2.45) is 0 Å². The maximum Gasteiger partial charge on any atom is 0.281 e. The lowest BCUT2D eigenvalue weighted by Crippen LogP contribution is -2.41. The second-order valence-corrected chi connectivity index (χ2v) is 6.33. The number of thiazole rings is 1. The Morgan fingerprint density at radius 1 is 0.962 bits per heavy atom. The predicted molar refractivity (Wildman–Crippen MR) is 93.6 cm³/mol. The molecule has 0 radical (unpaired) electrons. The van der Waals surface area contributed by atoms with E-state index in [9.17, 15) is 18.4 Å². The fourth-order valence-electron chi connectivity index (χ4n) is 2.21. The van der Waals surface area contributed by atoms with Crippen molar-refractivity contribution in [3.63, 3.8) is 0 Å². The number of aryl methyl sites for hydroxylation is 1. The van der Waals surface area contributed by atoms with Gasteiger partial charge in [0.05, 0.1) is 11.3 Å². The van der Waals surface area contributed by atoms with Gasteiger partial charge in [0.15, 0.2) is 0 Å². The number of hydrogen-bond donors (Lipinski definition) is 2. The van der Waals surface area contributed by atoms with Crippen molar-refractivity contribution in [1.29, 1.82) is 0 Å². The normalized spacial score (nSPS) is 10.4. The standard InChI is InChI=1S/C18H13F2N3O2S/c1-10-15(26-18(21-10)11-6-8-12(19)9-7-11)17(25)23-22-16(24)13-4-2-3-5-14(13)20/h2-9H,1H3,(H,22,24)(H,23,25). The molecule has 0 aliphatic rings. The molecule has 2 N–H and O–H groups in total. The van der Waals surface area contributed by atoms with Gasteiger partial charge in [0.2, 0.25) is 0 Å². The molecule has 0 spiro atoms. The number of nitrogens with one attached hydrogen (secondary N) is 2. The van der Waals surface area contributed by atoms with Crippen LogP contribution in [0.5, 0.6) is 0 Å². The van der Waals surface area contributed by atoms with E-state index < -0.39 is 17.6 Å². The van der Waals surface area contributed by atoms with E-state index >= 15 is 0 Å². The van der Waals surface area contributed by atoms with Crippen molar-refractivity contribution in [3.8, 4) is 10.6 Å². The molecule has 2 amide bonds. The minimum Gasteiger partial charge on any atom is -0.267 e. The number of halogens is 2. The fraction of sp³-hybridized carbons (Fsp3) is 0.0556. The number of amides is 2. The topological polar surface area (TPSA) is 71.1 Å². The van der Waals surface area contributed by atoms with Crippen molar-refractivity contribution in [2.45, 2.75) is 6.92 Å². The number of carbonyl (C=O) groups is 2. The first kappa shape index (κ1) is 17.7. The number of carbonyl (C=O) groups excluding carboxylic acids is 2. The van der Waals surface area contributed by atoms with Crippen LogP contribution in [0.4, 0.5) is 8.78 Å². The summed E-state index contributed by atoms with van der Waals surface area (Å²) < 4.78 is 26.6. The van der Waals surface area contributed by atoms with Crippen LogP contribution in [-0.4, -0.2) is 16.8 Å². The van der Waals surface area contributed by atoms with Gasteiger partial charge >= 0.3 is 0 Å².